The standard InChI is InChI=1S/C11H15ClO/c1-3-4-5-9-7-11(13)8(2)6-10(9)12/h6-7,13H,3-5H2,1-2H3. The first-order chi connectivity index (χ1) is 6.15. The highest BCUT2D eigenvalue weighted by Crippen LogP contribution is 2.26. The molecule has 0 heterocycles. The molecule has 0 spiro atoms. The second kappa shape index (κ2) is 4.52. The molecule has 1 aromatic rings. The molecule has 72 valence electrons. The van der Waals surface area contributed by atoms with E-state index in [0.717, 1.165) is 35.4 Å². The summed E-state index contributed by atoms with van der Waals surface area (Å²) in [6, 6.07) is 3.59. The molecule has 0 aromatic heterocycles. The van der Waals surface area contributed by atoms with Gasteiger partial charge in [-0.25, -0.2) is 0 Å². The van der Waals surface area contributed by atoms with E-state index in [1.54, 1.807) is 6.07 Å². The van der Waals surface area contributed by atoms with Crippen molar-refractivity contribution in [3.8, 4) is 5.75 Å². The molecular formula is C11H15ClO. The lowest BCUT2D eigenvalue weighted by Crippen LogP contribution is -1.87. The van der Waals surface area contributed by atoms with Crippen molar-refractivity contribution in [3.05, 3.63) is 28.3 Å². The quantitative estimate of drug-likeness (QED) is 0.786. The first kappa shape index (κ1) is 10.4. The smallest absolute Gasteiger partial charge is 0.118 e. The fourth-order valence-electron chi connectivity index (χ4n) is 1.26. The van der Waals surface area contributed by atoms with E-state index in [1.807, 2.05) is 13.0 Å². The molecule has 0 radical (unpaired) electrons. The molecular weight excluding hydrogens is 184 g/mol. The average Bonchev–Trinajstić information content (AvgIpc) is 2.09. The highest BCUT2D eigenvalue weighted by molar-refractivity contribution is 6.31. The van der Waals surface area contributed by atoms with Gasteiger partial charge in [-0.1, -0.05) is 24.9 Å². The second-order valence-corrected chi connectivity index (χ2v) is 3.74. The van der Waals surface area contributed by atoms with Crippen molar-refractivity contribution >= 4 is 11.6 Å². The van der Waals surface area contributed by atoms with E-state index in [4.69, 9.17) is 11.6 Å². The van der Waals surface area contributed by atoms with Gasteiger partial charge in [-0.15, -0.1) is 0 Å². The average molecular weight is 199 g/mol. The van der Waals surface area contributed by atoms with E-state index < -0.39 is 0 Å². The minimum Gasteiger partial charge on any atom is -0.508 e. The van der Waals surface area contributed by atoms with Crippen LogP contribution in [0, 0.1) is 6.92 Å². The minimum absolute atomic E-state index is 0.343. The molecule has 0 saturated carbocycles. The van der Waals surface area contributed by atoms with Gasteiger partial charge >= 0.3 is 0 Å². The largest absolute Gasteiger partial charge is 0.508 e. The molecule has 1 nitrogen and oxygen atoms in total. The van der Waals surface area contributed by atoms with Crippen LogP contribution in [0.3, 0.4) is 0 Å². The number of halogens is 1. The van der Waals surface area contributed by atoms with Crippen LogP contribution in [0.5, 0.6) is 5.75 Å². The lowest BCUT2D eigenvalue weighted by molar-refractivity contribution is 0.470. The Morgan fingerprint density at radius 3 is 2.69 bits per heavy atom. The van der Waals surface area contributed by atoms with Gasteiger partial charge in [0, 0.05) is 5.02 Å². The molecule has 0 atom stereocenters. The highest BCUT2D eigenvalue weighted by Gasteiger charge is 2.04. The maximum absolute atomic E-state index is 9.47. The molecule has 0 saturated heterocycles. The number of benzene rings is 1. The van der Waals surface area contributed by atoms with Crippen molar-refractivity contribution < 1.29 is 5.11 Å². The summed E-state index contributed by atoms with van der Waals surface area (Å²) in [6.45, 7) is 3.99. The molecule has 1 rings (SSSR count). The Morgan fingerprint density at radius 1 is 1.38 bits per heavy atom. The fourth-order valence-corrected chi connectivity index (χ4v) is 1.58. The number of hydrogen-bond acceptors (Lipinski definition) is 1. The zero-order valence-electron chi connectivity index (χ0n) is 8.10. The molecule has 1 N–H and O–H groups in total. The van der Waals surface area contributed by atoms with Crippen LogP contribution in [0.15, 0.2) is 12.1 Å². The van der Waals surface area contributed by atoms with Gasteiger partial charge in [0.1, 0.15) is 5.75 Å². The third-order valence-electron chi connectivity index (χ3n) is 2.16. The van der Waals surface area contributed by atoms with Gasteiger partial charge in [0.2, 0.25) is 0 Å². The fraction of sp³-hybridized carbons (Fsp3) is 0.455. The third kappa shape index (κ3) is 2.63. The monoisotopic (exact) mass is 198 g/mol. The van der Waals surface area contributed by atoms with Gasteiger partial charge in [0.05, 0.1) is 0 Å². The summed E-state index contributed by atoms with van der Waals surface area (Å²) in [6.07, 6.45) is 3.20. The summed E-state index contributed by atoms with van der Waals surface area (Å²) in [5.41, 5.74) is 1.89. The van der Waals surface area contributed by atoms with Crippen LogP contribution in [-0.2, 0) is 6.42 Å². The molecule has 0 unspecified atom stereocenters. The van der Waals surface area contributed by atoms with E-state index in [-0.39, 0.29) is 0 Å². The van der Waals surface area contributed by atoms with Crippen molar-refractivity contribution in [1.29, 1.82) is 0 Å². The van der Waals surface area contributed by atoms with E-state index in [1.165, 1.54) is 0 Å². The van der Waals surface area contributed by atoms with Crippen molar-refractivity contribution in [1.82, 2.24) is 0 Å². The minimum atomic E-state index is 0.343. The SMILES string of the molecule is CCCCc1cc(O)c(C)cc1Cl. The molecule has 0 amide bonds. The number of aromatic hydroxyl groups is 1. The number of hydrogen-bond donors (Lipinski definition) is 1. The van der Waals surface area contributed by atoms with Crippen LogP contribution < -0.4 is 0 Å². The summed E-state index contributed by atoms with van der Waals surface area (Å²) in [5, 5.41) is 10.2. The highest BCUT2D eigenvalue weighted by atomic mass is 35.5. The van der Waals surface area contributed by atoms with Gasteiger partial charge in [-0.3, -0.25) is 0 Å². The van der Waals surface area contributed by atoms with Gasteiger partial charge in [-0.05, 0) is 43.0 Å². The van der Waals surface area contributed by atoms with Crippen LogP contribution >= 0.6 is 11.6 Å². The Balaban J connectivity index is 2.88. The van der Waals surface area contributed by atoms with E-state index in [2.05, 4.69) is 6.92 Å². The number of unbranched alkanes of at least 4 members (excludes halogenated alkanes) is 1. The van der Waals surface area contributed by atoms with Crippen molar-refractivity contribution in [2.75, 3.05) is 0 Å². The summed E-state index contributed by atoms with van der Waals surface area (Å²) >= 11 is 6.03. The third-order valence-corrected chi connectivity index (χ3v) is 2.52. The van der Waals surface area contributed by atoms with Gasteiger partial charge < -0.3 is 5.11 Å². The Kier molecular flexibility index (Phi) is 3.61. The zero-order valence-corrected chi connectivity index (χ0v) is 8.86. The normalized spacial score (nSPS) is 10.4. The van der Waals surface area contributed by atoms with Gasteiger partial charge in [-0.2, -0.15) is 0 Å². The van der Waals surface area contributed by atoms with Crippen LogP contribution in [-0.4, -0.2) is 5.11 Å². The first-order valence-electron chi connectivity index (χ1n) is 4.63. The van der Waals surface area contributed by atoms with Crippen LogP contribution in [0.2, 0.25) is 5.02 Å². The Bertz CT molecular complexity index is 294. The van der Waals surface area contributed by atoms with Crippen molar-refractivity contribution in [2.45, 2.75) is 33.1 Å². The van der Waals surface area contributed by atoms with Gasteiger partial charge in [0.15, 0.2) is 0 Å². The molecule has 13 heavy (non-hydrogen) atoms. The Hall–Kier alpha value is -0.690. The molecule has 1 aromatic carbocycles. The number of phenolic OH excluding ortho intramolecular Hbond substituents is 1. The van der Waals surface area contributed by atoms with E-state index >= 15 is 0 Å². The number of rotatable bonds is 3. The molecule has 0 aliphatic rings. The van der Waals surface area contributed by atoms with Gasteiger partial charge in [0.25, 0.3) is 0 Å². The maximum atomic E-state index is 9.47. The maximum Gasteiger partial charge on any atom is 0.118 e. The number of phenols is 1. The molecule has 0 aliphatic carbocycles. The second-order valence-electron chi connectivity index (χ2n) is 3.33. The van der Waals surface area contributed by atoms with Crippen LogP contribution in [0.4, 0.5) is 0 Å². The predicted molar refractivity (Wildman–Crippen MR) is 56.5 cm³/mol. The zero-order chi connectivity index (χ0) is 9.84. The van der Waals surface area contributed by atoms with Crippen molar-refractivity contribution in [2.24, 2.45) is 0 Å². The lowest BCUT2D eigenvalue weighted by atomic mass is 10.1. The first-order valence-corrected chi connectivity index (χ1v) is 5.01. The van der Waals surface area contributed by atoms with E-state index in [0.29, 0.717) is 5.75 Å². The predicted octanol–water partition coefficient (Wildman–Crippen LogP) is 3.70. The van der Waals surface area contributed by atoms with Crippen molar-refractivity contribution in [3.63, 3.8) is 0 Å². The summed E-state index contributed by atoms with van der Waals surface area (Å²) in [7, 11) is 0. The van der Waals surface area contributed by atoms with Crippen LogP contribution in [0.1, 0.15) is 30.9 Å². The molecule has 2 heteroatoms. The Morgan fingerprint density at radius 2 is 2.08 bits per heavy atom. The van der Waals surface area contributed by atoms with E-state index in [9.17, 15) is 5.11 Å². The lowest BCUT2D eigenvalue weighted by Gasteiger charge is -2.06. The van der Waals surface area contributed by atoms with Crippen LogP contribution in [0.25, 0.3) is 0 Å². The topological polar surface area (TPSA) is 20.2 Å². The molecule has 0 aliphatic heterocycles. The summed E-state index contributed by atoms with van der Waals surface area (Å²) in [4.78, 5) is 0. The summed E-state index contributed by atoms with van der Waals surface area (Å²) in [5.74, 6) is 0.343. The number of aryl methyl sites for hydroxylation is 2. The molecule has 0 bridgehead atoms. The summed E-state index contributed by atoms with van der Waals surface area (Å²) < 4.78 is 0. The molecule has 0 fully saturated rings. The Labute approximate surface area is 84.4 Å².